The molecule has 0 aliphatic carbocycles. The molecule has 70 valence electrons. The molecule has 0 unspecified atom stereocenters. The van der Waals surface area contributed by atoms with E-state index in [1.54, 1.807) is 12.3 Å². The van der Waals surface area contributed by atoms with Crippen LogP contribution in [0.25, 0.3) is 0 Å². The Morgan fingerprint density at radius 1 is 1.62 bits per heavy atom. The normalized spacial score (nSPS) is 9.69. The zero-order valence-corrected chi connectivity index (χ0v) is 8.18. The van der Waals surface area contributed by atoms with Crippen LogP contribution in [0.4, 0.5) is 0 Å². The van der Waals surface area contributed by atoms with Gasteiger partial charge in [0, 0.05) is 18.7 Å². The molecule has 5 heteroatoms. The summed E-state index contributed by atoms with van der Waals surface area (Å²) in [6, 6.07) is 0. The SMILES string of the molecule is CCC(=O)Oc1nc(C(C)=O)cs1. The van der Waals surface area contributed by atoms with Crippen LogP contribution < -0.4 is 4.74 Å². The summed E-state index contributed by atoms with van der Waals surface area (Å²) in [6.45, 7) is 3.11. The molecule has 1 rings (SSSR count). The lowest BCUT2D eigenvalue weighted by Gasteiger charge is -1.94. The minimum absolute atomic E-state index is 0.130. The molecule has 0 saturated heterocycles. The molecule has 0 amide bonds. The Balaban J connectivity index is 2.69. The van der Waals surface area contributed by atoms with Crippen molar-refractivity contribution in [1.29, 1.82) is 0 Å². The molecule has 13 heavy (non-hydrogen) atoms. The third-order valence-corrected chi connectivity index (χ3v) is 2.05. The molecule has 0 aromatic carbocycles. The minimum atomic E-state index is -0.343. The first-order valence-corrected chi connectivity index (χ1v) is 4.68. The quantitative estimate of drug-likeness (QED) is 0.548. The van der Waals surface area contributed by atoms with Crippen LogP contribution in [0.1, 0.15) is 30.8 Å². The van der Waals surface area contributed by atoms with Gasteiger partial charge in [0.2, 0.25) is 0 Å². The average molecular weight is 199 g/mol. The Bertz CT molecular complexity index is 332. The van der Waals surface area contributed by atoms with Crippen molar-refractivity contribution < 1.29 is 14.3 Å². The van der Waals surface area contributed by atoms with Gasteiger partial charge in [-0.1, -0.05) is 18.3 Å². The number of ether oxygens (including phenoxy) is 1. The van der Waals surface area contributed by atoms with Crippen molar-refractivity contribution in [2.45, 2.75) is 20.3 Å². The first kappa shape index (κ1) is 9.85. The smallest absolute Gasteiger partial charge is 0.312 e. The van der Waals surface area contributed by atoms with E-state index in [0.717, 1.165) is 11.3 Å². The molecule has 0 radical (unpaired) electrons. The molecule has 1 heterocycles. The molecule has 0 N–H and O–H groups in total. The van der Waals surface area contributed by atoms with Gasteiger partial charge in [0.05, 0.1) is 0 Å². The monoisotopic (exact) mass is 199 g/mol. The number of hydrogen-bond acceptors (Lipinski definition) is 5. The van der Waals surface area contributed by atoms with Gasteiger partial charge >= 0.3 is 5.97 Å². The summed E-state index contributed by atoms with van der Waals surface area (Å²) in [4.78, 5) is 25.5. The van der Waals surface area contributed by atoms with Gasteiger partial charge in [0.15, 0.2) is 5.78 Å². The largest absolute Gasteiger partial charge is 0.398 e. The third kappa shape index (κ3) is 2.62. The highest BCUT2D eigenvalue weighted by Crippen LogP contribution is 2.18. The van der Waals surface area contributed by atoms with Crippen LogP contribution in [0.3, 0.4) is 0 Å². The van der Waals surface area contributed by atoms with Crippen LogP contribution in [0.15, 0.2) is 5.38 Å². The second-order valence-corrected chi connectivity index (χ2v) is 3.20. The van der Waals surface area contributed by atoms with Crippen molar-refractivity contribution in [3.63, 3.8) is 0 Å². The molecule has 0 spiro atoms. The number of hydrogen-bond donors (Lipinski definition) is 0. The first-order valence-electron chi connectivity index (χ1n) is 3.80. The van der Waals surface area contributed by atoms with Gasteiger partial charge in [0.25, 0.3) is 5.19 Å². The molecule has 0 aliphatic heterocycles. The van der Waals surface area contributed by atoms with Crippen LogP contribution in [0.2, 0.25) is 0 Å². The van der Waals surface area contributed by atoms with E-state index in [1.807, 2.05) is 0 Å². The Kier molecular flexibility index (Phi) is 3.13. The van der Waals surface area contributed by atoms with Gasteiger partial charge in [-0.05, 0) is 0 Å². The van der Waals surface area contributed by atoms with E-state index < -0.39 is 0 Å². The van der Waals surface area contributed by atoms with Crippen molar-refractivity contribution in [3.8, 4) is 5.19 Å². The van der Waals surface area contributed by atoms with E-state index in [9.17, 15) is 9.59 Å². The zero-order chi connectivity index (χ0) is 9.84. The van der Waals surface area contributed by atoms with Crippen LogP contribution in [0.5, 0.6) is 5.19 Å². The second-order valence-electron chi connectivity index (χ2n) is 2.38. The van der Waals surface area contributed by atoms with Crippen LogP contribution in [-0.4, -0.2) is 16.7 Å². The molecule has 0 aliphatic rings. The zero-order valence-electron chi connectivity index (χ0n) is 7.36. The van der Waals surface area contributed by atoms with E-state index in [-0.39, 0.29) is 16.9 Å². The Morgan fingerprint density at radius 2 is 2.31 bits per heavy atom. The number of ketones is 1. The van der Waals surface area contributed by atoms with Gasteiger partial charge in [-0.15, -0.1) is 0 Å². The van der Waals surface area contributed by atoms with Crippen molar-refractivity contribution in [2.75, 3.05) is 0 Å². The topological polar surface area (TPSA) is 56.3 Å². The van der Waals surface area contributed by atoms with E-state index in [0.29, 0.717) is 12.1 Å². The summed E-state index contributed by atoms with van der Waals surface area (Å²) in [7, 11) is 0. The molecule has 4 nitrogen and oxygen atoms in total. The summed E-state index contributed by atoms with van der Waals surface area (Å²) < 4.78 is 4.81. The minimum Gasteiger partial charge on any atom is -0.398 e. The predicted molar refractivity (Wildman–Crippen MR) is 48.0 cm³/mol. The lowest BCUT2D eigenvalue weighted by Crippen LogP contribution is -2.05. The van der Waals surface area contributed by atoms with Crippen molar-refractivity contribution in [1.82, 2.24) is 4.98 Å². The molecule has 0 atom stereocenters. The number of thiazole rings is 1. The maximum absolute atomic E-state index is 10.8. The summed E-state index contributed by atoms with van der Waals surface area (Å²) in [5.41, 5.74) is 0.337. The number of nitrogens with zero attached hydrogens (tertiary/aromatic N) is 1. The fourth-order valence-electron chi connectivity index (χ4n) is 0.635. The van der Waals surface area contributed by atoms with E-state index >= 15 is 0 Å². The fraction of sp³-hybridized carbons (Fsp3) is 0.375. The molecular formula is C8H9NO3S. The van der Waals surface area contributed by atoms with Crippen molar-refractivity contribution in [3.05, 3.63) is 11.1 Å². The second kappa shape index (κ2) is 4.13. The van der Waals surface area contributed by atoms with Gasteiger partial charge in [-0.2, -0.15) is 4.98 Å². The van der Waals surface area contributed by atoms with Gasteiger partial charge in [0.1, 0.15) is 5.69 Å². The standard InChI is InChI=1S/C8H9NO3S/c1-3-7(11)12-8-9-6(4-13-8)5(2)10/h4H,3H2,1-2H3. The fourth-order valence-corrected chi connectivity index (χ4v) is 1.36. The molecule has 1 aromatic rings. The van der Waals surface area contributed by atoms with Gasteiger partial charge < -0.3 is 4.74 Å². The maximum atomic E-state index is 10.8. The third-order valence-electron chi connectivity index (χ3n) is 1.33. The van der Waals surface area contributed by atoms with E-state index in [1.165, 1.54) is 6.92 Å². The number of aromatic nitrogens is 1. The molecule has 0 bridgehead atoms. The maximum Gasteiger partial charge on any atom is 0.312 e. The summed E-state index contributed by atoms with van der Waals surface area (Å²) >= 11 is 1.15. The summed E-state index contributed by atoms with van der Waals surface area (Å²) in [5, 5.41) is 1.80. The predicted octanol–water partition coefficient (Wildman–Crippen LogP) is 1.66. The lowest BCUT2D eigenvalue weighted by atomic mass is 10.4. The van der Waals surface area contributed by atoms with Crippen LogP contribution in [0, 0.1) is 0 Å². The Hall–Kier alpha value is -1.23. The summed E-state index contributed by atoms with van der Waals surface area (Å²) in [5.74, 6) is -0.473. The average Bonchev–Trinajstić information content (AvgIpc) is 2.52. The molecule has 0 saturated carbocycles. The molecule has 0 fully saturated rings. The Morgan fingerprint density at radius 3 is 2.77 bits per heavy atom. The Labute approximate surface area is 79.6 Å². The van der Waals surface area contributed by atoms with Crippen LogP contribution in [-0.2, 0) is 4.79 Å². The van der Waals surface area contributed by atoms with Crippen molar-refractivity contribution in [2.24, 2.45) is 0 Å². The van der Waals surface area contributed by atoms with Gasteiger partial charge in [-0.3, -0.25) is 9.59 Å². The van der Waals surface area contributed by atoms with Crippen LogP contribution >= 0.6 is 11.3 Å². The van der Waals surface area contributed by atoms with E-state index in [2.05, 4.69) is 4.98 Å². The highest BCUT2D eigenvalue weighted by Gasteiger charge is 2.09. The number of Topliss-reactive ketones (excluding diaryl/α,β-unsaturated/α-hetero) is 1. The van der Waals surface area contributed by atoms with E-state index in [4.69, 9.17) is 4.74 Å². The highest BCUT2D eigenvalue weighted by molar-refractivity contribution is 7.11. The lowest BCUT2D eigenvalue weighted by molar-refractivity contribution is -0.134. The molecule has 1 aromatic heterocycles. The van der Waals surface area contributed by atoms with Gasteiger partial charge in [-0.25, -0.2) is 0 Å². The summed E-state index contributed by atoms with van der Waals surface area (Å²) in [6.07, 6.45) is 0.301. The molecular weight excluding hydrogens is 190 g/mol. The number of carbonyl (C=O) groups excluding carboxylic acids is 2. The number of esters is 1. The highest BCUT2D eigenvalue weighted by atomic mass is 32.1. The first-order chi connectivity index (χ1) is 6.13. The number of rotatable bonds is 3. The van der Waals surface area contributed by atoms with Crippen molar-refractivity contribution >= 4 is 23.1 Å². The number of carbonyl (C=O) groups is 2.